The van der Waals surface area contributed by atoms with E-state index in [-0.39, 0.29) is 0 Å². The predicted octanol–water partition coefficient (Wildman–Crippen LogP) is 4.75. The summed E-state index contributed by atoms with van der Waals surface area (Å²) in [6.07, 6.45) is 0. The van der Waals surface area contributed by atoms with Gasteiger partial charge in [-0.1, -0.05) is 41.7 Å². The van der Waals surface area contributed by atoms with Crippen LogP contribution in [0.5, 0.6) is 11.5 Å². The van der Waals surface area contributed by atoms with Crippen molar-refractivity contribution in [3.63, 3.8) is 0 Å². The van der Waals surface area contributed by atoms with Crippen LogP contribution in [0, 0.1) is 0 Å². The van der Waals surface area contributed by atoms with Gasteiger partial charge in [-0.25, -0.2) is 9.59 Å². The van der Waals surface area contributed by atoms with E-state index in [1.54, 1.807) is 43.5 Å². The predicted molar refractivity (Wildman–Crippen MR) is 104 cm³/mol. The molecule has 0 radical (unpaired) electrons. The number of ether oxygens (including phenoxy) is 2. The summed E-state index contributed by atoms with van der Waals surface area (Å²) in [7, 11) is 1.58. The monoisotopic (exact) mass is 378 g/mol. The number of hydrogen-bond acceptors (Lipinski definition) is 6. The Bertz CT molecular complexity index is 1170. The topological polar surface area (TPSA) is 65.7 Å². The Morgan fingerprint density at radius 1 is 0.963 bits per heavy atom. The van der Waals surface area contributed by atoms with Gasteiger partial charge in [0.15, 0.2) is 5.58 Å². The average molecular weight is 378 g/mol. The molecule has 0 N–H and O–H groups in total. The summed E-state index contributed by atoms with van der Waals surface area (Å²) in [5, 5.41) is 0. The van der Waals surface area contributed by atoms with Gasteiger partial charge in [-0.2, -0.15) is 0 Å². The quantitative estimate of drug-likeness (QED) is 0.379. The summed E-state index contributed by atoms with van der Waals surface area (Å²) >= 11 is 0.963. The van der Waals surface area contributed by atoms with Gasteiger partial charge in [0.2, 0.25) is 0 Å². The Morgan fingerprint density at radius 3 is 2.56 bits per heavy atom. The Kier molecular flexibility index (Phi) is 4.48. The largest absolute Gasteiger partial charge is 0.497 e. The SMILES string of the molecule is COc1cccc(-c2cc(OC(=O)c3ccccc3)cc3sc(=O)oc23)c1. The Morgan fingerprint density at radius 2 is 1.78 bits per heavy atom. The molecule has 0 spiro atoms. The Labute approximate surface area is 158 Å². The molecule has 0 amide bonds. The van der Waals surface area contributed by atoms with Crippen LogP contribution in [0.15, 0.2) is 75.9 Å². The first-order valence-electron chi connectivity index (χ1n) is 8.13. The van der Waals surface area contributed by atoms with E-state index in [1.165, 1.54) is 0 Å². The maximum atomic E-state index is 12.4. The van der Waals surface area contributed by atoms with Crippen LogP contribution in [-0.4, -0.2) is 13.1 Å². The average Bonchev–Trinajstić information content (AvgIpc) is 3.08. The zero-order valence-electron chi connectivity index (χ0n) is 14.3. The summed E-state index contributed by atoms with van der Waals surface area (Å²) < 4.78 is 16.8. The molecular formula is C21H14O5S. The molecule has 134 valence electrons. The number of fused-ring (bicyclic) bond motifs is 1. The second-order valence-electron chi connectivity index (χ2n) is 5.74. The van der Waals surface area contributed by atoms with E-state index in [0.717, 1.165) is 16.9 Å². The van der Waals surface area contributed by atoms with Crippen molar-refractivity contribution >= 4 is 27.6 Å². The molecule has 0 fully saturated rings. The Balaban J connectivity index is 1.81. The zero-order chi connectivity index (χ0) is 18.8. The molecule has 0 bridgehead atoms. The molecule has 0 aliphatic heterocycles. The van der Waals surface area contributed by atoms with Crippen LogP contribution in [0.2, 0.25) is 0 Å². The molecule has 5 nitrogen and oxygen atoms in total. The fraction of sp³-hybridized carbons (Fsp3) is 0.0476. The van der Waals surface area contributed by atoms with E-state index in [1.807, 2.05) is 30.3 Å². The van der Waals surface area contributed by atoms with Gasteiger partial charge in [-0.05, 0) is 35.9 Å². The number of esters is 1. The van der Waals surface area contributed by atoms with Gasteiger partial charge in [0.1, 0.15) is 11.5 Å². The van der Waals surface area contributed by atoms with Crippen molar-refractivity contribution in [1.29, 1.82) is 0 Å². The third kappa shape index (κ3) is 3.47. The van der Waals surface area contributed by atoms with Crippen molar-refractivity contribution in [2.75, 3.05) is 7.11 Å². The molecule has 4 aromatic rings. The van der Waals surface area contributed by atoms with Crippen LogP contribution >= 0.6 is 11.3 Å². The maximum Gasteiger partial charge on any atom is 0.396 e. The van der Waals surface area contributed by atoms with E-state index < -0.39 is 10.9 Å². The van der Waals surface area contributed by atoms with Crippen molar-refractivity contribution in [2.45, 2.75) is 0 Å². The lowest BCUT2D eigenvalue weighted by molar-refractivity contribution is 0.0735. The van der Waals surface area contributed by atoms with E-state index >= 15 is 0 Å². The standard InChI is InChI=1S/C21H14O5S/c1-24-15-9-5-8-14(10-15)17-11-16(12-18-19(17)26-21(23)27-18)25-20(22)13-6-3-2-4-7-13/h2-12H,1H3. The molecule has 0 aliphatic carbocycles. The number of benzene rings is 3. The van der Waals surface area contributed by atoms with Gasteiger partial charge in [-0.3, -0.25) is 0 Å². The van der Waals surface area contributed by atoms with Crippen molar-refractivity contribution in [1.82, 2.24) is 0 Å². The third-order valence-electron chi connectivity index (χ3n) is 4.01. The van der Waals surface area contributed by atoms with Crippen LogP contribution in [0.4, 0.5) is 0 Å². The lowest BCUT2D eigenvalue weighted by Crippen LogP contribution is -2.08. The third-order valence-corrected chi connectivity index (χ3v) is 4.78. The van der Waals surface area contributed by atoms with Gasteiger partial charge < -0.3 is 13.9 Å². The molecule has 0 saturated heterocycles. The zero-order valence-corrected chi connectivity index (χ0v) is 15.1. The van der Waals surface area contributed by atoms with Crippen LogP contribution in [0.25, 0.3) is 21.4 Å². The first-order chi connectivity index (χ1) is 13.1. The number of carbonyl (C=O) groups excluding carboxylic acids is 1. The highest BCUT2D eigenvalue weighted by Gasteiger charge is 2.16. The molecule has 0 saturated carbocycles. The van der Waals surface area contributed by atoms with Gasteiger partial charge >= 0.3 is 10.9 Å². The molecule has 27 heavy (non-hydrogen) atoms. The smallest absolute Gasteiger partial charge is 0.396 e. The fourth-order valence-corrected chi connectivity index (χ4v) is 3.48. The second kappa shape index (κ2) is 7.09. The highest BCUT2D eigenvalue weighted by Crippen LogP contribution is 2.35. The Hall–Kier alpha value is -3.38. The lowest BCUT2D eigenvalue weighted by Gasteiger charge is -2.09. The summed E-state index contributed by atoms with van der Waals surface area (Å²) in [5.74, 6) is 0.540. The first kappa shape index (κ1) is 17.1. The van der Waals surface area contributed by atoms with Crippen molar-refractivity contribution in [3.8, 4) is 22.6 Å². The van der Waals surface area contributed by atoms with Gasteiger partial charge in [0.25, 0.3) is 0 Å². The summed E-state index contributed by atoms with van der Waals surface area (Å²) in [4.78, 5) is 23.7. The molecule has 1 aromatic heterocycles. The second-order valence-corrected chi connectivity index (χ2v) is 6.72. The van der Waals surface area contributed by atoms with Crippen LogP contribution in [-0.2, 0) is 0 Å². The van der Waals surface area contributed by atoms with E-state index in [9.17, 15) is 9.59 Å². The lowest BCUT2D eigenvalue weighted by atomic mass is 10.0. The van der Waals surface area contributed by atoms with E-state index in [4.69, 9.17) is 13.9 Å². The van der Waals surface area contributed by atoms with Crippen molar-refractivity contribution in [2.24, 2.45) is 0 Å². The minimum absolute atomic E-state index is 0.339. The molecular weight excluding hydrogens is 364 g/mol. The van der Waals surface area contributed by atoms with Crippen molar-refractivity contribution < 1.29 is 18.7 Å². The van der Waals surface area contributed by atoms with Crippen LogP contribution < -0.4 is 14.4 Å². The van der Waals surface area contributed by atoms with E-state index in [0.29, 0.717) is 32.9 Å². The highest BCUT2D eigenvalue weighted by atomic mass is 32.1. The molecule has 4 rings (SSSR count). The van der Waals surface area contributed by atoms with Crippen LogP contribution in [0.3, 0.4) is 0 Å². The minimum atomic E-state index is -0.470. The van der Waals surface area contributed by atoms with Crippen LogP contribution in [0.1, 0.15) is 10.4 Å². The molecule has 1 heterocycles. The van der Waals surface area contributed by atoms with Gasteiger partial charge in [-0.15, -0.1) is 0 Å². The minimum Gasteiger partial charge on any atom is -0.497 e. The highest BCUT2D eigenvalue weighted by molar-refractivity contribution is 7.16. The van der Waals surface area contributed by atoms with E-state index in [2.05, 4.69) is 0 Å². The number of rotatable bonds is 4. The summed E-state index contributed by atoms with van der Waals surface area (Å²) in [6.45, 7) is 0. The molecule has 0 unspecified atom stereocenters. The normalized spacial score (nSPS) is 10.7. The first-order valence-corrected chi connectivity index (χ1v) is 8.95. The van der Waals surface area contributed by atoms with Gasteiger partial charge in [0.05, 0.1) is 17.4 Å². The number of methoxy groups -OCH3 is 1. The maximum absolute atomic E-state index is 12.4. The molecule has 0 aliphatic rings. The fourth-order valence-electron chi connectivity index (χ4n) is 2.76. The van der Waals surface area contributed by atoms with Gasteiger partial charge in [0, 0.05) is 11.6 Å². The molecule has 3 aromatic carbocycles. The summed E-state index contributed by atoms with van der Waals surface area (Å²) in [6, 6.07) is 19.4. The summed E-state index contributed by atoms with van der Waals surface area (Å²) in [5.41, 5.74) is 2.35. The molecule has 6 heteroatoms. The van der Waals surface area contributed by atoms with Crippen molar-refractivity contribution in [3.05, 3.63) is 82.0 Å². The molecule has 0 atom stereocenters. The number of carbonyl (C=O) groups is 1. The number of hydrogen-bond donors (Lipinski definition) is 0.